The SMILES string of the molecule is O=C(CCCOC(=O)c1cc([N+](=O)[O-])ccc1N1CCCC1)c1cccs1. The van der Waals surface area contributed by atoms with E-state index in [4.69, 9.17) is 4.74 Å². The van der Waals surface area contributed by atoms with Gasteiger partial charge in [0, 0.05) is 31.6 Å². The van der Waals surface area contributed by atoms with Crippen LogP contribution < -0.4 is 4.90 Å². The summed E-state index contributed by atoms with van der Waals surface area (Å²) in [6.45, 7) is 1.72. The number of thiophene rings is 1. The minimum absolute atomic E-state index is 0.0224. The van der Waals surface area contributed by atoms with Crippen LogP contribution in [0.5, 0.6) is 0 Å². The fourth-order valence-electron chi connectivity index (χ4n) is 3.07. The van der Waals surface area contributed by atoms with Gasteiger partial charge in [-0.25, -0.2) is 4.79 Å². The summed E-state index contributed by atoms with van der Waals surface area (Å²) in [6.07, 6.45) is 2.75. The number of esters is 1. The molecule has 1 aromatic carbocycles. The highest BCUT2D eigenvalue weighted by molar-refractivity contribution is 7.12. The highest BCUT2D eigenvalue weighted by atomic mass is 32.1. The van der Waals surface area contributed by atoms with Crippen LogP contribution in [0.25, 0.3) is 0 Å². The average Bonchev–Trinajstić information content (AvgIpc) is 3.38. The molecular formula is C19H20N2O5S. The Labute approximate surface area is 160 Å². The van der Waals surface area contributed by atoms with Gasteiger partial charge in [0.05, 0.1) is 27.7 Å². The van der Waals surface area contributed by atoms with Gasteiger partial charge in [0.25, 0.3) is 5.69 Å². The fourth-order valence-corrected chi connectivity index (χ4v) is 3.77. The molecule has 0 bridgehead atoms. The van der Waals surface area contributed by atoms with Crippen LogP contribution in [-0.4, -0.2) is 36.4 Å². The maximum absolute atomic E-state index is 12.5. The maximum atomic E-state index is 12.5. The number of carbonyl (C=O) groups excluding carboxylic acids is 2. The van der Waals surface area contributed by atoms with Crippen LogP contribution in [-0.2, 0) is 4.74 Å². The number of ketones is 1. The molecule has 0 saturated carbocycles. The first-order valence-corrected chi connectivity index (χ1v) is 9.71. The third-order valence-electron chi connectivity index (χ3n) is 4.43. The van der Waals surface area contributed by atoms with E-state index < -0.39 is 10.9 Å². The molecule has 0 N–H and O–H groups in total. The number of Topliss-reactive ketones (excluding diaryl/α,β-unsaturated/α-hetero) is 1. The van der Waals surface area contributed by atoms with E-state index in [0.29, 0.717) is 23.4 Å². The van der Waals surface area contributed by atoms with Crippen molar-refractivity contribution in [2.24, 2.45) is 0 Å². The second kappa shape index (κ2) is 8.77. The van der Waals surface area contributed by atoms with Crippen LogP contribution in [0, 0.1) is 10.1 Å². The van der Waals surface area contributed by atoms with Gasteiger partial charge in [0.1, 0.15) is 0 Å². The highest BCUT2D eigenvalue weighted by Gasteiger charge is 2.23. The minimum Gasteiger partial charge on any atom is -0.462 e. The Morgan fingerprint density at radius 1 is 1.22 bits per heavy atom. The number of nitro groups is 1. The molecule has 0 amide bonds. The minimum atomic E-state index is -0.593. The molecule has 1 aliphatic heterocycles. The van der Waals surface area contributed by atoms with Crippen molar-refractivity contribution in [1.29, 1.82) is 0 Å². The van der Waals surface area contributed by atoms with Gasteiger partial charge in [-0.3, -0.25) is 14.9 Å². The van der Waals surface area contributed by atoms with Crippen molar-refractivity contribution in [3.8, 4) is 0 Å². The Bertz CT molecular complexity index is 829. The van der Waals surface area contributed by atoms with E-state index >= 15 is 0 Å². The van der Waals surface area contributed by atoms with Gasteiger partial charge in [0.2, 0.25) is 0 Å². The van der Waals surface area contributed by atoms with Crippen molar-refractivity contribution < 1.29 is 19.2 Å². The first-order valence-electron chi connectivity index (χ1n) is 8.83. The summed E-state index contributed by atoms with van der Waals surface area (Å²) in [6, 6.07) is 7.88. The molecule has 0 aliphatic carbocycles. The molecule has 2 aromatic rings. The molecular weight excluding hydrogens is 368 g/mol. The van der Waals surface area contributed by atoms with Gasteiger partial charge in [0.15, 0.2) is 5.78 Å². The summed E-state index contributed by atoms with van der Waals surface area (Å²) in [5.41, 5.74) is 0.728. The molecule has 0 radical (unpaired) electrons. The Balaban J connectivity index is 1.63. The van der Waals surface area contributed by atoms with Crippen LogP contribution in [0.4, 0.5) is 11.4 Å². The monoisotopic (exact) mass is 388 g/mol. The first kappa shape index (κ1) is 19.0. The van der Waals surface area contributed by atoms with Crippen molar-refractivity contribution >= 4 is 34.5 Å². The number of anilines is 1. The third-order valence-corrected chi connectivity index (χ3v) is 5.35. The van der Waals surface area contributed by atoms with E-state index in [1.54, 1.807) is 12.1 Å². The number of benzene rings is 1. The Morgan fingerprint density at radius 2 is 2.00 bits per heavy atom. The molecule has 0 atom stereocenters. The quantitative estimate of drug-likeness (QED) is 0.223. The summed E-state index contributed by atoms with van der Waals surface area (Å²) in [5.74, 6) is -0.571. The summed E-state index contributed by atoms with van der Waals surface area (Å²) < 4.78 is 5.29. The van der Waals surface area contributed by atoms with Gasteiger partial charge in [-0.2, -0.15) is 0 Å². The molecule has 7 nitrogen and oxygen atoms in total. The highest BCUT2D eigenvalue weighted by Crippen LogP contribution is 2.29. The van der Waals surface area contributed by atoms with Crippen molar-refractivity contribution in [1.82, 2.24) is 0 Å². The molecule has 0 unspecified atom stereocenters. The van der Waals surface area contributed by atoms with Crippen molar-refractivity contribution in [2.45, 2.75) is 25.7 Å². The zero-order chi connectivity index (χ0) is 19.2. The number of ether oxygens (including phenoxy) is 1. The second-order valence-corrected chi connectivity index (χ2v) is 7.24. The van der Waals surface area contributed by atoms with E-state index in [1.807, 2.05) is 16.3 Å². The van der Waals surface area contributed by atoms with Crippen molar-refractivity contribution in [3.63, 3.8) is 0 Å². The van der Waals surface area contributed by atoms with Crippen LogP contribution >= 0.6 is 11.3 Å². The fraction of sp³-hybridized carbons (Fsp3) is 0.368. The van der Waals surface area contributed by atoms with Crippen LogP contribution in [0.3, 0.4) is 0 Å². The summed E-state index contributed by atoms with van der Waals surface area (Å²) in [4.78, 5) is 37.7. The predicted octanol–water partition coefficient (Wildman–Crippen LogP) is 4.08. The molecule has 2 heterocycles. The number of rotatable bonds is 8. The maximum Gasteiger partial charge on any atom is 0.340 e. The molecule has 142 valence electrons. The standard InChI is InChI=1S/C19H20N2O5S/c22-17(18-6-4-12-27-18)5-3-11-26-19(23)15-13-14(21(24)25)7-8-16(15)20-9-1-2-10-20/h4,6-8,12-13H,1-3,5,9-11H2. The lowest BCUT2D eigenvalue weighted by Gasteiger charge is -2.20. The Kier molecular flexibility index (Phi) is 6.18. The number of hydrogen-bond donors (Lipinski definition) is 0. The van der Waals surface area contributed by atoms with Gasteiger partial charge in [-0.15, -0.1) is 11.3 Å². The topological polar surface area (TPSA) is 89.8 Å². The van der Waals surface area contributed by atoms with Gasteiger partial charge in [-0.05, 0) is 36.8 Å². The number of carbonyl (C=O) groups is 2. The lowest BCUT2D eigenvalue weighted by Crippen LogP contribution is -2.21. The van der Waals surface area contributed by atoms with Crippen molar-refractivity contribution in [3.05, 3.63) is 56.3 Å². The molecule has 8 heteroatoms. The van der Waals surface area contributed by atoms with Crippen LogP contribution in [0.15, 0.2) is 35.7 Å². The van der Waals surface area contributed by atoms with E-state index in [0.717, 1.165) is 25.9 Å². The van der Waals surface area contributed by atoms with Gasteiger partial charge < -0.3 is 9.64 Å². The van der Waals surface area contributed by atoms with E-state index in [-0.39, 0.29) is 23.6 Å². The molecule has 1 fully saturated rings. The molecule has 27 heavy (non-hydrogen) atoms. The Hall–Kier alpha value is -2.74. The first-order chi connectivity index (χ1) is 13.1. The second-order valence-electron chi connectivity index (χ2n) is 6.29. The average molecular weight is 388 g/mol. The summed E-state index contributed by atoms with van der Waals surface area (Å²) in [7, 11) is 0. The number of non-ortho nitro benzene ring substituents is 1. The smallest absolute Gasteiger partial charge is 0.340 e. The molecule has 1 aromatic heterocycles. The van der Waals surface area contributed by atoms with E-state index in [2.05, 4.69) is 0 Å². The molecule has 1 aliphatic rings. The van der Waals surface area contributed by atoms with Crippen LogP contribution in [0.2, 0.25) is 0 Å². The molecule has 1 saturated heterocycles. The zero-order valence-electron chi connectivity index (χ0n) is 14.8. The van der Waals surface area contributed by atoms with Crippen molar-refractivity contribution in [2.75, 3.05) is 24.6 Å². The van der Waals surface area contributed by atoms with Gasteiger partial charge in [-0.1, -0.05) is 6.07 Å². The lowest BCUT2D eigenvalue weighted by atomic mass is 10.1. The lowest BCUT2D eigenvalue weighted by molar-refractivity contribution is -0.384. The van der Waals surface area contributed by atoms with E-state index in [9.17, 15) is 19.7 Å². The number of hydrogen-bond acceptors (Lipinski definition) is 7. The number of nitro benzene ring substituents is 1. The third kappa shape index (κ3) is 4.71. The molecule has 0 spiro atoms. The zero-order valence-corrected chi connectivity index (χ0v) is 15.6. The van der Waals surface area contributed by atoms with Gasteiger partial charge >= 0.3 is 5.97 Å². The largest absolute Gasteiger partial charge is 0.462 e. The van der Waals surface area contributed by atoms with E-state index in [1.165, 1.54) is 23.5 Å². The summed E-state index contributed by atoms with van der Waals surface area (Å²) in [5, 5.41) is 12.9. The normalized spacial score (nSPS) is 13.6. The predicted molar refractivity (Wildman–Crippen MR) is 103 cm³/mol. The Morgan fingerprint density at radius 3 is 2.67 bits per heavy atom. The summed E-state index contributed by atoms with van der Waals surface area (Å²) >= 11 is 1.39. The van der Waals surface area contributed by atoms with Crippen LogP contribution in [0.1, 0.15) is 45.7 Å². The number of nitrogens with zero attached hydrogens (tertiary/aromatic N) is 2. The molecule has 3 rings (SSSR count).